The van der Waals surface area contributed by atoms with Gasteiger partial charge in [0, 0.05) is 29.4 Å². The van der Waals surface area contributed by atoms with Crippen molar-refractivity contribution >= 4 is 17.8 Å². The molecule has 8 atom stereocenters. The second-order valence-electron chi connectivity index (χ2n) is 13.2. The summed E-state index contributed by atoms with van der Waals surface area (Å²) in [7, 11) is 4.61. The highest BCUT2D eigenvalue weighted by Gasteiger charge is 2.69. The normalized spacial score (nSPS) is 32.7. The Morgan fingerprint density at radius 1 is 0.936 bits per heavy atom. The monoisotopic (exact) mass is 651 g/mol. The van der Waals surface area contributed by atoms with Crippen molar-refractivity contribution in [3.05, 3.63) is 59.2 Å². The summed E-state index contributed by atoms with van der Waals surface area (Å²) < 4.78 is 34.8. The highest BCUT2D eigenvalue weighted by molar-refractivity contribution is 6.07. The number of nitrogens with one attached hydrogen (secondary N) is 1. The maximum Gasteiger partial charge on any atom is 0.248 e. The quantitative estimate of drug-likeness (QED) is 0.191. The van der Waals surface area contributed by atoms with Gasteiger partial charge in [0.05, 0.1) is 27.9 Å². The Morgan fingerprint density at radius 2 is 1.70 bits per heavy atom. The molecule has 1 aliphatic carbocycles. The summed E-state index contributed by atoms with van der Waals surface area (Å²) in [6, 6.07) is 10.6. The van der Waals surface area contributed by atoms with Gasteiger partial charge in [-0.25, -0.2) is 9.78 Å². The van der Waals surface area contributed by atoms with Gasteiger partial charge in [-0.15, -0.1) is 0 Å². The summed E-state index contributed by atoms with van der Waals surface area (Å²) in [6.45, 7) is 6.33. The predicted octanol–water partition coefficient (Wildman–Crippen LogP) is 5.45. The summed E-state index contributed by atoms with van der Waals surface area (Å²) in [6.07, 6.45) is 5.72. The maximum absolute atomic E-state index is 13.0. The first kappa shape index (κ1) is 33.4. The minimum absolute atomic E-state index is 0.00757. The molecule has 2 bridgehead atoms. The van der Waals surface area contributed by atoms with Gasteiger partial charge in [0.25, 0.3) is 0 Å². The van der Waals surface area contributed by atoms with Crippen molar-refractivity contribution in [3.8, 4) is 17.2 Å². The van der Waals surface area contributed by atoms with E-state index >= 15 is 0 Å². The van der Waals surface area contributed by atoms with Crippen LogP contribution in [0.4, 0.5) is 0 Å². The lowest BCUT2D eigenvalue weighted by atomic mass is 9.58. The molecule has 5 aliphatic rings. The Labute approximate surface area is 275 Å². The van der Waals surface area contributed by atoms with Gasteiger partial charge in [-0.1, -0.05) is 38.1 Å². The molecule has 1 amide bonds. The zero-order chi connectivity index (χ0) is 33.3. The molecule has 4 heterocycles. The van der Waals surface area contributed by atoms with Crippen molar-refractivity contribution in [2.45, 2.75) is 77.0 Å². The highest BCUT2D eigenvalue weighted by Crippen LogP contribution is 2.60. The van der Waals surface area contributed by atoms with Gasteiger partial charge in [0.15, 0.2) is 29.2 Å². The molecule has 1 saturated carbocycles. The van der Waals surface area contributed by atoms with Gasteiger partial charge >= 0.3 is 0 Å². The molecule has 0 radical (unpaired) electrons. The fraction of sp³-hybridized carbons (Fsp3) is 0.556. The molecular weight excluding hydrogens is 606 g/mol. The van der Waals surface area contributed by atoms with Crippen LogP contribution < -0.4 is 19.5 Å². The average Bonchev–Trinajstić information content (AvgIpc) is 3.31. The van der Waals surface area contributed by atoms with Crippen molar-refractivity contribution in [1.29, 1.82) is 0 Å². The molecule has 5 fully saturated rings. The second-order valence-corrected chi connectivity index (χ2v) is 13.2. The van der Waals surface area contributed by atoms with E-state index in [-0.39, 0.29) is 42.7 Å². The molecule has 0 aromatic heterocycles. The Bertz CT molecular complexity index is 1490. The van der Waals surface area contributed by atoms with Gasteiger partial charge in [-0.05, 0) is 67.9 Å². The predicted molar refractivity (Wildman–Crippen MR) is 171 cm³/mol. The van der Waals surface area contributed by atoms with E-state index in [4.69, 9.17) is 38.2 Å². The summed E-state index contributed by atoms with van der Waals surface area (Å²) in [5, 5.41) is 3.03. The van der Waals surface area contributed by atoms with Crippen LogP contribution >= 0.6 is 0 Å². The lowest BCUT2D eigenvalue weighted by Crippen LogP contribution is -2.72. The van der Waals surface area contributed by atoms with Gasteiger partial charge in [-0.2, -0.15) is 0 Å². The Hall–Kier alpha value is -3.48. The van der Waals surface area contributed by atoms with Crippen LogP contribution in [-0.4, -0.2) is 63.5 Å². The summed E-state index contributed by atoms with van der Waals surface area (Å²) >= 11 is 0. The van der Waals surface area contributed by atoms with Gasteiger partial charge in [0.1, 0.15) is 12.8 Å². The lowest BCUT2D eigenvalue weighted by Gasteiger charge is -2.60. The van der Waals surface area contributed by atoms with Crippen LogP contribution in [0, 0.1) is 23.7 Å². The average molecular weight is 652 g/mol. The molecular formula is C36H45NO10. The van der Waals surface area contributed by atoms with E-state index in [9.17, 15) is 9.59 Å². The van der Waals surface area contributed by atoms with Crippen LogP contribution in [0.25, 0.3) is 6.08 Å². The third kappa shape index (κ3) is 6.27. The number of amides is 1. The largest absolute Gasteiger partial charge is 0.493 e. The third-order valence-corrected chi connectivity index (χ3v) is 10.4. The lowest BCUT2D eigenvalue weighted by molar-refractivity contribution is -0.571. The molecule has 254 valence electrons. The van der Waals surface area contributed by atoms with Crippen LogP contribution in [0.3, 0.4) is 0 Å². The van der Waals surface area contributed by atoms with E-state index in [1.807, 2.05) is 19.1 Å². The van der Waals surface area contributed by atoms with E-state index in [0.717, 1.165) is 31.2 Å². The number of allylic oxidation sites excluding steroid dienone is 1. The number of rotatable bonds is 11. The van der Waals surface area contributed by atoms with E-state index in [2.05, 4.69) is 19.2 Å². The van der Waals surface area contributed by atoms with Gasteiger partial charge in [-0.3, -0.25) is 9.59 Å². The molecule has 1 N–H and O–H groups in total. The highest BCUT2D eigenvalue weighted by atomic mass is 17.3. The zero-order valence-corrected chi connectivity index (χ0v) is 27.9. The molecule has 11 heteroatoms. The SMILES string of the molecule is COc1ccc(/C=C/C(=O)c2ccc(COCC(=O)N[C@H]3O[C@@H]4O[C@@]5(C)CC[C@H]6[C@H](C)CC[C@@H]([C@H]3C)[C@@]46OO5)cc2)c(OC)c1OC. The van der Waals surface area contributed by atoms with Gasteiger partial charge < -0.3 is 33.7 Å². The van der Waals surface area contributed by atoms with Crippen LogP contribution in [0.1, 0.15) is 67.9 Å². The standard InChI is InChI=1S/C36H45NO10/c1-21-7-14-27-22(2)33(44-34-36(27)26(21)17-18-35(3,45-34)46-47-36)37-30(39)20-43-19-23-8-10-24(11-9-23)28(38)15-12-25-13-16-29(40-4)32(42-6)31(25)41-5/h8-13,15-16,21-22,26-27,33-34H,7,14,17-20H2,1-6H3,(H,37,39)/b15-12+/t21-,22-,26+,27+,33+,34-,35-,36-/m1/s1. The van der Waals surface area contributed by atoms with Gasteiger partial charge in [0.2, 0.25) is 17.4 Å². The number of ketones is 1. The van der Waals surface area contributed by atoms with Crippen molar-refractivity contribution in [2.24, 2.45) is 23.7 Å². The summed E-state index contributed by atoms with van der Waals surface area (Å²) in [5.41, 5.74) is 1.35. The number of fused-ring (bicyclic) bond motifs is 2. The third-order valence-electron chi connectivity index (χ3n) is 10.4. The van der Waals surface area contributed by atoms with Crippen LogP contribution in [-0.2, 0) is 35.4 Å². The molecule has 2 aromatic rings. The number of carbonyl (C=O) groups excluding carboxylic acids is 2. The second kappa shape index (κ2) is 13.6. The van der Waals surface area contributed by atoms with Crippen LogP contribution in [0.5, 0.6) is 17.2 Å². The molecule has 0 unspecified atom stereocenters. The van der Waals surface area contributed by atoms with E-state index < -0.39 is 23.9 Å². The fourth-order valence-corrected chi connectivity index (χ4v) is 7.81. The van der Waals surface area contributed by atoms with Crippen LogP contribution in [0.2, 0.25) is 0 Å². The Kier molecular flexibility index (Phi) is 9.64. The van der Waals surface area contributed by atoms with Crippen molar-refractivity contribution in [3.63, 3.8) is 0 Å². The van der Waals surface area contributed by atoms with E-state index in [0.29, 0.717) is 34.3 Å². The van der Waals surface area contributed by atoms with Crippen LogP contribution in [0.15, 0.2) is 42.5 Å². The number of carbonyl (C=O) groups is 2. The number of hydrogen-bond acceptors (Lipinski definition) is 10. The van der Waals surface area contributed by atoms with E-state index in [1.54, 1.807) is 37.5 Å². The smallest absolute Gasteiger partial charge is 0.248 e. The molecule has 2 aromatic carbocycles. The molecule has 4 saturated heterocycles. The maximum atomic E-state index is 13.0. The van der Waals surface area contributed by atoms with Crippen molar-refractivity contribution in [1.82, 2.24) is 5.32 Å². The summed E-state index contributed by atoms with van der Waals surface area (Å²) in [4.78, 5) is 37.9. The number of methoxy groups -OCH3 is 3. The molecule has 1 spiro atoms. The first-order chi connectivity index (χ1) is 22.6. The first-order valence-electron chi connectivity index (χ1n) is 16.3. The Morgan fingerprint density at radius 3 is 2.43 bits per heavy atom. The number of benzene rings is 2. The minimum atomic E-state index is -0.871. The fourth-order valence-electron chi connectivity index (χ4n) is 7.81. The summed E-state index contributed by atoms with van der Waals surface area (Å²) in [5.74, 6) is 0.978. The molecule has 7 rings (SSSR count). The topological polar surface area (TPSA) is 120 Å². The van der Waals surface area contributed by atoms with Crippen molar-refractivity contribution in [2.75, 3.05) is 27.9 Å². The molecule has 4 aliphatic heterocycles. The van der Waals surface area contributed by atoms with Crippen molar-refractivity contribution < 1.29 is 47.8 Å². The number of hydrogen-bond donors (Lipinski definition) is 1. The first-order valence-corrected chi connectivity index (χ1v) is 16.3. The molecule has 11 nitrogen and oxygen atoms in total. The zero-order valence-electron chi connectivity index (χ0n) is 27.9. The Balaban J connectivity index is 1.02. The minimum Gasteiger partial charge on any atom is -0.493 e. The molecule has 47 heavy (non-hydrogen) atoms. The van der Waals surface area contributed by atoms with E-state index in [1.165, 1.54) is 20.3 Å². The number of ether oxygens (including phenoxy) is 6.